The largest absolute Gasteiger partial charge is 0.507 e. The summed E-state index contributed by atoms with van der Waals surface area (Å²) in [5, 5.41) is 19.7. The Morgan fingerprint density at radius 2 is 1.62 bits per heavy atom. The van der Waals surface area contributed by atoms with Gasteiger partial charge < -0.3 is 14.9 Å². The summed E-state index contributed by atoms with van der Waals surface area (Å²) < 4.78 is 30.6. The number of hydrogen-bond donors (Lipinski definition) is 2. The van der Waals surface area contributed by atoms with E-state index >= 15 is 0 Å². The molecule has 2 N–H and O–H groups in total. The van der Waals surface area contributed by atoms with Crippen LogP contribution in [-0.2, 0) is 15.3 Å². The fraction of sp³-hybridized carbons (Fsp3) is 0.269. The van der Waals surface area contributed by atoms with Gasteiger partial charge in [-0.1, -0.05) is 43.6 Å². The van der Waals surface area contributed by atoms with Crippen LogP contribution in [0.2, 0.25) is 5.02 Å². The molecule has 34 heavy (non-hydrogen) atoms. The summed E-state index contributed by atoms with van der Waals surface area (Å²) in [6.45, 7) is 4.28. The van der Waals surface area contributed by atoms with E-state index in [1.54, 1.807) is 18.2 Å². The lowest BCUT2D eigenvalue weighted by Gasteiger charge is -2.30. The first-order valence-corrected chi connectivity index (χ1v) is 12.9. The van der Waals surface area contributed by atoms with Gasteiger partial charge in [0.05, 0.1) is 17.3 Å². The summed E-state index contributed by atoms with van der Waals surface area (Å²) in [6, 6.07) is 18.2. The first kappa shape index (κ1) is 25.6. The number of aromatic carboxylic acids is 1. The molecule has 0 spiro atoms. The van der Waals surface area contributed by atoms with Crippen molar-refractivity contribution in [2.45, 2.75) is 37.0 Å². The number of hydrogen-bond acceptors (Lipinski definition) is 5. The Kier molecular flexibility index (Phi) is 7.89. The van der Waals surface area contributed by atoms with E-state index in [4.69, 9.17) is 16.3 Å². The van der Waals surface area contributed by atoms with Crippen LogP contribution in [0.1, 0.15) is 48.2 Å². The topological polar surface area (TPSA) is 101 Å². The van der Waals surface area contributed by atoms with Gasteiger partial charge in [0, 0.05) is 10.4 Å². The molecule has 0 heterocycles. The van der Waals surface area contributed by atoms with Crippen LogP contribution in [0.4, 0.5) is 0 Å². The Hall–Kier alpha value is -3.03. The first-order valence-electron chi connectivity index (χ1n) is 10.9. The lowest BCUT2D eigenvalue weighted by Crippen LogP contribution is -2.23. The molecule has 0 fully saturated rings. The van der Waals surface area contributed by atoms with E-state index in [9.17, 15) is 23.4 Å². The van der Waals surface area contributed by atoms with Crippen molar-refractivity contribution < 1.29 is 28.2 Å². The predicted molar refractivity (Wildman–Crippen MR) is 132 cm³/mol. The number of carboxylic acid groups (broad SMARTS) is 1. The highest BCUT2D eigenvalue weighted by Gasteiger charge is 2.28. The Labute approximate surface area is 204 Å². The van der Waals surface area contributed by atoms with Crippen LogP contribution in [0.25, 0.3) is 0 Å². The first-order chi connectivity index (χ1) is 16.1. The molecule has 8 heteroatoms. The summed E-state index contributed by atoms with van der Waals surface area (Å²) in [5.74, 6) is -0.868. The smallest absolute Gasteiger partial charge is 0.339 e. The van der Waals surface area contributed by atoms with Crippen LogP contribution in [0, 0.1) is 0 Å². The van der Waals surface area contributed by atoms with Gasteiger partial charge in [0.1, 0.15) is 17.1 Å². The number of ether oxygens (including phenoxy) is 1. The Bertz CT molecular complexity index is 1250. The van der Waals surface area contributed by atoms with Gasteiger partial charge in [-0.25, -0.2) is 13.2 Å². The van der Waals surface area contributed by atoms with Crippen LogP contribution in [-0.4, -0.2) is 37.0 Å². The fourth-order valence-corrected chi connectivity index (χ4v) is 5.15. The highest BCUT2D eigenvalue weighted by Crippen LogP contribution is 2.37. The molecule has 0 radical (unpaired) electrons. The lowest BCUT2D eigenvalue weighted by molar-refractivity contribution is 0.0693. The van der Waals surface area contributed by atoms with E-state index in [1.807, 2.05) is 38.1 Å². The average Bonchev–Trinajstić information content (AvgIpc) is 2.82. The van der Waals surface area contributed by atoms with Crippen LogP contribution < -0.4 is 4.74 Å². The zero-order valence-electron chi connectivity index (χ0n) is 19.0. The van der Waals surface area contributed by atoms with Crippen molar-refractivity contribution >= 4 is 27.4 Å². The molecule has 1 atom stereocenters. The second-order valence-electron chi connectivity index (χ2n) is 8.22. The number of carboxylic acids is 1. The van der Waals surface area contributed by atoms with E-state index < -0.39 is 21.2 Å². The van der Waals surface area contributed by atoms with Crippen molar-refractivity contribution in [3.05, 3.63) is 88.4 Å². The monoisotopic (exact) mass is 502 g/mol. The summed E-state index contributed by atoms with van der Waals surface area (Å²) in [5.41, 5.74) is 1.15. The van der Waals surface area contributed by atoms with Crippen molar-refractivity contribution in [1.29, 1.82) is 0 Å². The molecule has 6 nitrogen and oxygen atoms in total. The predicted octanol–water partition coefficient (Wildman–Crippen LogP) is 5.70. The number of sulfone groups is 1. The van der Waals surface area contributed by atoms with E-state index in [1.165, 1.54) is 24.3 Å². The van der Waals surface area contributed by atoms with Crippen molar-refractivity contribution in [3.8, 4) is 11.5 Å². The maximum atomic E-state index is 12.4. The molecule has 0 saturated carbocycles. The molecule has 0 aromatic heterocycles. The highest BCUT2D eigenvalue weighted by atomic mass is 35.5. The number of aromatic hydroxyl groups is 1. The molecule has 0 amide bonds. The normalized spacial score (nSPS) is 13.3. The van der Waals surface area contributed by atoms with E-state index in [0.29, 0.717) is 23.6 Å². The third-order valence-electron chi connectivity index (χ3n) is 6.06. The zero-order valence-corrected chi connectivity index (χ0v) is 20.6. The van der Waals surface area contributed by atoms with Crippen LogP contribution >= 0.6 is 11.6 Å². The number of phenols is 1. The van der Waals surface area contributed by atoms with Crippen molar-refractivity contribution in [3.63, 3.8) is 0 Å². The number of halogens is 1. The van der Waals surface area contributed by atoms with Crippen LogP contribution in [0.5, 0.6) is 11.5 Å². The number of rotatable bonds is 10. The molecule has 1 unspecified atom stereocenters. The van der Waals surface area contributed by atoms with Gasteiger partial charge >= 0.3 is 5.97 Å². The van der Waals surface area contributed by atoms with Gasteiger partial charge in [0.15, 0.2) is 9.84 Å². The molecule has 0 saturated heterocycles. The van der Waals surface area contributed by atoms with Crippen LogP contribution in [0.3, 0.4) is 0 Å². The minimum absolute atomic E-state index is 0.0343. The maximum absolute atomic E-state index is 12.4. The molecular formula is C26H27ClO6S. The Morgan fingerprint density at radius 1 is 1.00 bits per heavy atom. The van der Waals surface area contributed by atoms with Crippen molar-refractivity contribution in [1.82, 2.24) is 0 Å². The molecule has 0 aliphatic heterocycles. The van der Waals surface area contributed by atoms with Gasteiger partial charge in [0.25, 0.3) is 0 Å². The van der Waals surface area contributed by atoms with Crippen molar-refractivity contribution in [2.24, 2.45) is 0 Å². The van der Waals surface area contributed by atoms with E-state index in [0.717, 1.165) is 11.1 Å². The van der Waals surface area contributed by atoms with E-state index in [2.05, 4.69) is 0 Å². The second kappa shape index (κ2) is 10.5. The summed E-state index contributed by atoms with van der Waals surface area (Å²) in [6.07, 6.45) is 1.05. The molecule has 0 bridgehead atoms. The summed E-state index contributed by atoms with van der Waals surface area (Å²) in [7, 11) is -3.40. The van der Waals surface area contributed by atoms with Gasteiger partial charge in [0.2, 0.25) is 0 Å². The van der Waals surface area contributed by atoms with Gasteiger partial charge in [-0.05, 0) is 72.5 Å². The summed E-state index contributed by atoms with van der Waals surface area (Å²) in [4.78, 5) is 11.7. The molecule has 3 rings (SSSR count). The van der Waals surface area contributed by atoms with Gasteiger partial charge in [-0.3, -0.25) is 0 Å². The van der Waals surface area contributed by atoms with E-state index in [-0.39, 0.29) is 28.6 Å². The van der Waals surface area contributed by atoms with Gasteiger partial charge in [-0.15, -0.1) is 0 Å². The third-order valence-corrected chi connectivity index (χ3v) is 8.13. The molecule has 180 valence electrons. The highest BCUT2D eigenvalue weighted by molar-refractivity contribution is 7.91. The van der Waals surface area contributed by atoms with Crippen LogP contribution in [0.15, 0.2) is 71.6 Å². The number of carbonyl (C=O) groups is 1. The van der Waals surface area contributed by atoms with Crippen molar-refractivity contribution in [2.75, 3.05) is 12.4 Å². The SMILES string of the molecule is CCC(C)(c1ccc(OCCCS(=O)(=O)c2ccc(Cl)cc2)cc1)c1ccc(O)c(C(=O)O)c1. The number of benzene rings is 3. The average molecular weight is 503 g/mol. The molecule has 0 aliphatic rings. The molecule has 3 aromatic carbocycles. The third kappa shape index (κ3) is 5.72. The fourth-order valence-electron chi connectivity index (χ4n) is 3.74. The minimum Gasteiger partial charge on any atom is -0.507 e. The standard InChI is InChI=1S/C26H27ClO6S/c1-3-26(2,19-7-14-24(28)23(17-19)25(29)30)18-5-10-21(11-6-18)33-15-4-16-34(31,32)22-12-8-20(27)9-13-22/h5-14,17,28H,3-4,15-16H2,1-2H3,(H,29,30). The van der Waals surface area contributed by atoms with Gasteiger partial charge in [-0.2, -0.15) is 0 Å². The molecule has 0 aliphatic carbocycles. The second-order valence-corrected chi connectivity index (χ2v) is 10.8. The Morgan fingerprint density at radius 3 is 2.21 bits per heavy atom. The summed E-state index contributed by atoms with van der Waals surface area (Å²) >= 11 is 5.82. The maximum Gasteiger partial charge on any atom is 0.339 e. The lowest BCUT2D eigenvalue weighted by atomic mass is 9.74. The molecule has 3 aromatic rings. The minimum atomic E-state index is -3.40. The molecular weight excluding hydrogens is 476 g/mol. The Balaban J connectivity index is 1.65. The zero-order chi connectivity index (χ0) is 24.9. The quantitative estimate of drug-likeness (QED) is 0.345.